The van der Waals surface area contributed by atoms with Gasteiger partial charge in [0.1, 0.15) is 11.3 Å². The van der Waals surface area contributed by atoms with Gasteiger partial charge in [0.15, 0.2) is 0 Å². The van der Waals surface area contributed by atoms with Crippen molar-refractivity contribution in [1.82, 2.24) is 0 Å². The number of rotatable bonds is 4. The fourth-order valence-electron chi connectivity index (χ4n) is 2.49. The van der Waals surface area contributed by atoms with Gasteiger partial charge in [-0.3, -0.25) is 0 Å². The highest BCUT2D eigenvalue weighted by Gasteiger charge is 2.08. The largest absolute Gasteiger partial charge is 0.456 e. The number of fused-ring (bicyclic) bond motifs is 1. The maximum Gasteiger partial charge on any atom is 0.135 e. The average Bonchev–Trinajstić information content (AvgIpc) is 2.85. The van der Waals surface area contributed by atoms with Crippen LogP contribution in [0.5, 0.6) is 0 Å². The van der Waals surface area contributed by atoms with Gasteiger partial charge >= 0.3 is 0 Å². The topological polar surface area (TPSA) is 25.2 Å². The highest BCUT2D eigenvalue weighted by atomic mass is 16.3. The van der Waals surface area contributed by atoms with Crippen LogP contribution >= 0.6 is 0 Å². The average molecular weight is 289 g/mol. The van der Waals surface area contributed by atoms with Crippen molar-refractivity contribution < 1.29 is 4.42 Å². The Labute approximate surface area is 130 Å². The molecule has 0 aliphatic rings. The number of allylic oxidation sites excluding steroid dienone is 1. The van der Waals surface area contributed by atoms with E-state index in [2.05, 4.69) is 43.9 Å². The molecule has 2 heteroatoms. The van der Waals surface area contributed by atoms with Crippen molar-refractivity contribution in [3.05, 3.63) is 83.8 Å². The number of anilines is 1. The SMILES string of the molecule is C=C/C(=C\c1oc2ccccc2c1C)Nc1ccccc1C. The van der Waals surface area contributed by atoms with E-state index in [0.29, 0.717) is 0 Å². The first-order valence-electron chi connectivity index (χ1n) is 7.34. The minimum atomic E-state index is 0.859. The predicted molar refractivity (Wildman–Crippen MR) is 93.9 cm³/mol. The van der Waals surface area contributed by atoms with Gasteiger partial charge in [0, 0.05) is 28.4 Å². The molecular weight excluding hydrogens is 270 g/mol. The number of benzene rings is 2. The monoisotopic (exact) mass is 289 g/mol. The van der Waals surface area contributed by atoms with Crippen LogP contribution < -0.4 is 5.32 Å². The van der Waals surface area contributed by atoms with Crippen molar-refractivity contribution in [3.63, 3.8) is 0 Å². The molecule has 0 amide bonds. The molecule has 22 heavy (non-hydrogen) atoms. The van der Waals surface area contributed by atoms with E-state index in [-0.39, 0.29) is 0 Å². The molecule has 1 heterocycles. The Balaban J connectivity index is 1.98. The Morgan fingerprint density at radius 3 is 2.50 bits per heavy atom. The smallest absolute Gasteiger partial charge is 0.135 e. The number of hydrogen-bond donors (Lipinski definition) is 1. The van der Waals surface area contributed by atoms with Crippen molar-refractivity contribution in [2.24, 2.45) is 0 Å². The highest BCUT2D eigenvalue weighted by Crippen LogP contribution is 2.27. The first-order chi connectivity index (χ1) is 10.7. The Morgan fingerprint density at radius 1 is 1.05 bits per heavy atom. The number of nitrogens with one attached hydrogen (secondary N) is 1. The zero-order chi connectivity index (χ0) is 15.5. The molecule has 0 spiro atoms. The third-order valence-corrected chi connectivity index (χ3v) is 3.81. The second-order valence-corrected chi connectivity index (χ2v) is 5.33. The van der Waals surface area contributed by atoms with Gasteiger partial charge in [-0.15, -0.1) is 0 Å². The zero-order valence-corrected chi connectivity index (χ0v) is 12.9. The summed E-state index contributed by atoms with van der Waals surface area (Å²) in [5, 5.41) is 4.55. The number of para-hydroxylation sites is 2. The molecule has 0 saturated carbocycles. The van der Waals surface area contributed by atoms with Crippen molar-refractivity contribution in [3.8, 4) is 0 Å². The summed E-state index contributed by atoms with van der Waals surface area (Å²) in [5.41, 5.74) is 5.22. The van der Waals surface area contributed by atoms with Gasteiger partial charge in [0.25, 0.3) is 0 Å². The molecule has 3 aromatic rings. The predicted octanol–water partition coefficient (Wildman–Crippen LogP) is 5.69. The lowest BCUT2D eigenvalue weighted by molar-refractivity contribution is 0.601. The molecule has 0 aliphatic carbocycles. The van der Waals surface area contributed by atoms with E-state index in [0.717, 1.165) is 33.7 Å². The van der Waals surface area contributed by atoms with Crippen LogP contribution in [0.1, 0.15) is 16.9 Å². The summed E-state index contributed by atoms with van der Waals surface area (Å²) in [7, 11) is 0. The van der Waals surface area contributed by atoms with Crippen LogP contribution in [0.15, 0.2) is 71.3 Å². The van der Waals surface area contributed by atoms with Gasteiger partial charge in [0.05, 0.1) is 0 Å². The molecule has 0 fully saturated rings. The van der Waals surface area contributed by atoms with Crippen LogP contribution in [0, 0.1) is 13.8 Å². The van der Waals surface area contributed by atoms with Gasteiger partial charge in [0.2, 0.25) is 0 Å². The fraction of sp³-hybridized carbons (Fsp3) is 0.100. The van der Waals surface area contributed by atoms with E-state index < -0.39 is 0 Å². The van der Waals surface area contributed by atoms with Crippen LogP contribution in [0.25, 0.3) is 17.0 Å². The van der Waals surface area contributed by atoms with E-state index in [1.807, 2.05) is 36.4 Å². The molecular formula is C20H19NO. The molecule has 1 N–H and O–H groups in total. The second-order valence-electron chi connectivity index (χ2n) is 5.33. The zero-order valence-electron chi connectivity index (χ0n) is 12.9. The number of hydrogen-bond acceptors (Lipinski definition) is 2. The lowest BCUT2D eigenvalue weighted by Gasteiger charge is -2.09. The highest BCUT2D eigenvalue weighted by molar-refractivity contribution is 5.84. The van der Waals surface area contributed by atoms with Crippen molar-refractivity contribution in [2.75, 3.05) is 5.32 Å². The summed E-state index contributed by atoms with van der Waals surface area (Å²) in [6.45, 7) is 8.05. The van der Waals surface area contributed by atoms with Crippen molar-refractivity contribution in [1.29, 1.82) is 0 Å². The standard InChI is InChI=1S/C20H19NO/c1-4-16(21-18-11-7-5-9-14(18)2)13-20-15(3)17-10-6-8-12-19(17)22-20/h4-13,21H,1H2,2-3H3/b16-13+. The van der Waals surface area contributed by atoms with E-state index in [1.165, 1.54) is 5.56 Å². The molecule has 3 rings (SSSR count). The fourth-order valence-corrected chi connectivity index (χ4v) is 2.49. The van der Waals surface area contributed by atoms with Crippen LogP contribution in [0.4, 0.5) is 5.69 Å². The lowest BCUT2D eigenvalue weighted by atomic mass is 10.1. The normalized spacial score (nSPS) is 11.6. The molecule has 0 radical (unpaired) electrons. The summed E-state index contributed by atoms with van der Waals surface area (Å²) in [6.07, 6.45) is 3.80. The first kappa shape index (κ1) is 14.2. The summed E-state index contributed by atoms with van der Waals surface area (Å²) < 4.78 is 5.93. The quantitative estimate of drug-likeness (QED) is 0.624. The van der Waals surface area contributed by atoms with Crippen molar-refractivity contribution in [2.45, 2.75) is 13.8 Å². The summed E-state index contributed by atoms with van der Waals surface area (Å²) >= 11 is 0. The van der Waals surface area contributed by atoms with E-state index in [4.69, 9.17) is 4.42 Å². The molecule has 2 aromatic carbocycles. The number of furan rings is 1. The summed E-state index contributed by atoms with van der Waals surface area (Å²) in [4.78, 5) is 0. The molecule has 0 aliphatic heterocycles. The van der Waals surface area contributed by atoms with Crippen molar-refractivity contribution >= 4 is 22.7 Å². The maximum absolute atomic E-state index is 5.93. The van der Waals surface area contributed by atoms with Gasteiger partial charge in [-0.05, 0) is 37.6 Å². The van der Waals surface area contributed by atoms with Gasteiger partial charge in [-0.2, -0.15) is 0 Å². The molecule has 0 bridgehead atoms. The van der Waals surface area contributed by atoms with E-state index >= 15 is 0 Å². The first-order valence-corrected chi connectivity index (χ1v) is 7.34. The van der Waals surface area contributed by atoms with E-state index in [9.17, 15) is 0 Å². The third-order valence-electron chi connectivity index (χ3n) is 3.81. The minimum Gasteiger partial charge on any atom is -0.456 e. The van der Waals surface area contributed by atoms with Crippen LogP contribution in [-0.2, 0) is 0 Å². The molecule has 2 nitrogen and oxygen atoms in total. The third kappa shape index (κ3) is 2.68. The van der Waals surface area contributed by atoms with Crippen LogP contribution in [-0.4, -0.2) is 0 Å². The lowest BCUT2D eigenvalue weighted by Crippen LogP contribution is -1.98. The number of aryl methyl sites for hydroxylation is 2. The molecule has 0 atom stereocenters. The Bertz CT molecular complexity index is 855. The van der Waals surface area contributed by atoms with Gasteiger partial charge in [-0.25, -0.2) is 0 Å². The molecule has 110 valence electrons. The van der Waals surface area contributed by atoms with Gasteiger partial charge < -0.3 is 9.73 Å². The maximum atomic E-state index is 5.93. The summed E-state index contributed by atoms with van der Waals surface area (Å²) in [6, 6.07) is 16.3. The molecule has 1 aromatic heterocycles. The van der Waals surface area contributed by atoms with Gasteiger partial charge in [-0.1, -0.05) is 43.0 Å². The van der Waals surface area contributed by atoms with Crippen LogP contribution in [0.2, 0.25) is 0 Å². The Hall–Kier alpha value is -2.74. The van der Waals surface area contributed by atoms with E-state index in [1.54, 1.807) is 6.08 Å². The second kappa shape index (κ2) is 5.94. The minimum absolute atomic E-state index is 0.859. The molecule has 0 unspecified atom stereocenters. The summed E-state index contributed by atoms with van der Waals surface area (Å²) in [5.74, 6) is 0.859. The Kier molecular flexibility index (Phi) is 3.84. The molecule has 0 saturated heterocycles. The van der Waals surface area contributed by atoms with Crippen LogP contribution in [0.3, 0.4) is 0 Å². The Morgan fingerprint density at radius 2 is 1.77 bits per heavy atom.